The van der Waals surface area contributed by atoms with E-state index in [1.54, 1.807) is 13.2 Å². The zero-order valence-electron chi connectivity index (χ0n) is 11.4. The Labute approximate surface area is 107 Å². The molecule has 0 fully saturated rings. The summed E-state index contributed by atoms with van der Waals surface area (Å²) in [5.74, 6) is 1.09. The Morgan fingerprint density at radius 1 is 1.28 bits per heavy atom. The van der Waals surface area contributed by atoms with Crippen LogP contribution in [0.2, 0.25) is 0 Å². The van der Waals surface area contributed by atoms with Crippen molar-refractivity contribution in [3.63, 3.8) is 0 Å². The third-order valence-electron chi connectivity index (χ3n) is 3.78. The molecular formula is C13H20N4O. The summed E-state index contributed by atoms with van der Waals surface area (Å²) < 4.78 is 7.19. The lowest BCUT2D eigenvalue weighted by Crippen LogP contribution is -2.29. The van der Waals surface area contributed by atoms with Gasteiger partial charge in [0, 0.05) is 11.6 Å². The smallest absolute Gasteiger partial charge is 0.215 e. The molecule has 0 saturated carbocycles. The number of methoxy groups -OCH3 is 1. The maximum Gasteiger partial charge on any atom is 0.215 e. The molecule has 0 aliphatic carbocycles. The van der Waals surface area contributed by atoms with Crippen LogP contribution in [0.5, 0.6) is 5.88 Å². The Morgan fingerprint density at radius 3 is 2.50 bits per heavy atom. The number of rotatable bonds is 4. The van der Waals surface area contributed by atoms with Crippen LogP contribution in [0.25, 0.3) is 11.2 Å². The van der Waals surface area contributed by atoms with Crippen molar-refractivity contribution < 1.29 is 4.74 Å². The first-order valence-corrected chi connectivity index (χ1v) is 6.25. The van der Waals surface area contributed by atoms with Crippen molar-refractivity contribution in [1.29, 1.82) is 0 Å². The lowest BCUT2D eigenvalue weighted by Gasteiger charge is -2.29. The number of anilines is 1. The molecule has 18 heavy (non-hydrogen) atoms. The van der Waals surface area contributed by atoms with Crippen molar-refractivity contribution in [3.05, 3.63) is 12.1 Å². The van der Waals surface area contributed by atoms with E-state index >= 15 is 0 Å². The summed E-state index contributed by atoms with van der Waals surface area (Å²) >= 11 is 0. The van der Waals surface area contributed by atoms with Gasteiger partial charge in [0.1, 0.15) is 5.52 Å². The van der Waals surface area contributed by atoms with E-state index in [0.29, 0.717) is 11.8 Å². The van der Waals surface area contributed by atoms with Gasteiger partial charge in [-0.1, -0.05) is 13.8 Å². The zero-order chi connectivity index (χ0) is 13.3. The van der Waals surface area contributed by atoms with Crippen LogP contribution >= 0.6 is 0 Å². The molecule has 2 heterocycles. The molecule has 0 saturated heterocycles. The number of pyridine rings is 1. The van der Waals surface area contributed by atoms with Gasteiger partial charge in [-0.05, 0) is 25.8 Å². The van der Waals surface area contributed by atoms with Crippen LogP contribution in [0.1, 0.15) is 33.6 Å². The number of nitrogens with zero attached hydrogens (tertiary/aromatic N) is 3. The van der Waals surface area contributed by atoms with Gasteiger partial charge in [-0.2, -0.15) is 4.98 Å². The highest BCUT2D eigenvalue weighted by Gasteiger charge is 2.27. The molecule has 2 N–H and O–H groups in total. The third-order valence-corrected chi connectivity index (χ3v) is 3.78. The molecule has 0 aliphatic heterocycles. The molecule has 0 amide bonds. The van der Waals surface area contributed by atoms with Crippen LogP contribution in [-0.2, 0) is 5.54 Å². The SMILES string of the molecule is CCC(C)(CC)n1c(N)nc2ccc(OC)nc21. The summed E-state index contributed by atoms with van der Waals surface area (Å²) in [5, 5.41) is 0. The van der Waals surface area contributed by atoms with Gasteiger partial charge >= 0.3 is 0 Å². The first-order chi connectivity index (χ1) is 8.55. The van der Waals surface area contributed by atoms with Crippen molar-refractivity contribution in [2.45, 2.75) is 39.2 Å². The van der Waals surface area contributed by atoms with Crippen LogP contribution in [0.3, 0.4) is 0 Å². The lowest BCUT2D eigenvalue weighted by molar-refractivity contribution is 0.304. The zero-order valence-corrected chi connectivity index (χ0v) is 11.4. The van der Waals surface area contributed by atoms with E-state index in [1.807, 2.05) is 10.6 Å². The number of fused-ring (bicyclic) bond motifs is 1. The molecular weight excluding hydrogens is 228 g/mol. The largest absolute Gasteiger partial charge is 0.481 e. The quantitative estimate of drug-likeness (QED) is 0.903. The first kappa shape index (κ1) is 12.7. The first-order valence-electron chi connectivity index (χ1n) is 6.25. The Balaban J connectivity index is 2.72. The molecule has 0 bridgehead atoms. The van der Waals surface area contributed by atoms with Gasteiger partial charge in [0.05, 0.1) is 7.11 Å². The van der Waals surface area contributed by atoms with E-state index < -0.39 is 0 Å². The minimum atomic E-state index is -0.0712. The number of imidazole rings is 1. The second-order valence-electron chi connectivity index (χ2n) is 4.71. The molecule has 2 aromatic rings. The predicted molar refractivity (Wildman–Crippen MR) is 72.7 cm³/mol. The molecule has 5 heteroatoms. The fraction of sp³-hybridized carbons (Fsp3) is 0.538. The van der Waals surface area contributed by atoms with Crippen molar-refractivity contribution in [2.75, 3.05) is 12.8 Å². The molecule has 5 nitrogen and oxygen atoms in total. The molecule has 0 spiro atoms. The highest BCUT2D eigenvalue weighted by Crippen LogP contribution is 2.31. The van der Waals surface area contributed by atoms with Crippen molar-refractivity contribution in [3.8, 4) is 5.88 Å². The monoisotopic (exact) mass is 248 g/mol. The number of nitrogens with two attached hydrogens (primary N) is 1. The maximum atomic E-state index is 6.05. The number of hydrogen-bond acceptors (Lipinski definition) is 4. The molecule has 0 aliphatic rings. The Hall–Kier alpha value is -1.78. The summed E-state index contributed by atoms with van der Waals surface area (Å²) in [6.07, 6.45) is 1.94. The standard InChI is InChI=1S/C13H20N4O/c1-5-13(3,6-2)17-11-9(15-12(17)14)7-8-10(16-11)18-4/h7-8H,5-6H2,1-4H3,(H2,14,15). The number of ether oxygens (including phenoxy) is 1. The van der Waals surface area contributed by atoms with Gasteiger partial charge in [0.15, 0.2) is 5.65 Å². The van der Waals surface area contributed by atoms with E-state index in [9.17, 15) is 0 Å². The van der Waals surface area contributed by atoms with E-state index in [0.717, 1.165) is 24.0 Å². The van der Waals surface area contributed by atoms with Crippen LogP contribution in [0.15, 0.2) is 12.1 Å². The molecule has 0 radical (unpaired) electrons. The van der Waals surface area contributed by atoms with Gasteiger partial charge in [0.2, 0.25) is 11.8 Å². The number of hydrogen-bond donors (Lipinski definition) is 1. The minimum Gasteiger partial charge on any atom is -0.481 e. The minimum absolute atomic E-state index is 0.0712. The molecule has 2 aromatic heterocycles. The normalized spacial score (nSPS) is 12.0. The average Bonchev–Trinajstić information content (AvgIpc) is 2.73. The fourth-order valence-electron chi connectivity index (χ4n) is 2.17. The summed E-state index contributed by atoms with van der Waals surface area (Å²) in [7, 11) is 1.61. The summed E-state index contributed by atoms with van der Waals surface area (Å²) in [6, 6.07) is 3.69. The Bertz CT molecular complexity index is 557. The molecule has 98 valence electrons. The molecule has 0 unspecified atom stereocenters. The predicted octanol–water partition coefficient (Wildman–Crippen LogP) is 2.56. The second kappa shape index (κ2) is 4.48. The number of nitrogen functional groups attached to an aromatic ring is 1. The van der Waals surface area contributed by atoms with Crippen LogP contribution < -0.4 is 10.5 Å². The highest BCUT2D eigenvalue weighted by molar-refractivity contribution is 5.75. The molecule has 2 rings (SSSR count). The van der Waals surface area contributed by atoms with E-state index in [4.69, 9.17) is 10.5 Å². The van der Waals surface area contributed by atoms with E-state index in [-0.39, 0.29) is 5.54 Å². The maximum absolute atomic E-state index is 6.05. The van der Waals surface area contributed by atoms with Crippen LogP contribution in [0.4, 0.5) is 5.95 Å². The van der Waals surface area contributed by atoms with Gasteiger partial charge < -0.3 is 10.5 Å². The van der Waals surface area contributed by atoms with Gasteiger partial charge in [-0.25, -0.2) is 4.98 Å². The van der Waals surface area contributed by atoms with Crippen LogP contribution in [0, 0.1) is 0 Å². The van der Waals surface area contributed by atoms with Gasteiger partial charge in [-0.3, -0.25) is 4.57 Å². The van der Waals surface area contributed by atoms with Crippen molar-refractivity contribution >= 4 is 17.1 Å². The topological polar surface area (TPSA) is 66.0 Å². The van der Waals surface area contributed by atoms with Crippen molar-refractivity contribution in [2.24, 2.45) is 0 Å². The van der Waals surface area contributed by atoms with Crippen LogP contribution in [-0.4, -0.2) is 21.6 Å². The second-order valence-corrected chi connectivity index (χ2v) is 4.71. The van der Waals surface area contributed by atoms with E-state index in [1.165, 1.54) is 0 Å². The molecule has 0 atom stereocenters. The van der Waals surface area contributed by atoms with Gasteiger partial charge in [0.25, 0.3) is 0 Å². The van der Waals surface area contributed by atoms with Gasteiger partial charge in [-0.15, -0.1) is 0 Å². The third kappa shape index (κ3) is 1.79. The van der Waals surface area contributed by atoms with Crippen molar-refractivity contribution in [1.82, 2.24) is 14.5 Å². The summed E-state index contributed by atoms with van der Waals surface area (Å²) in [4.78, 5) is 8.85. The summed E-state index contributed by atoms with van der Waals surface area (Å²) in [5.41, 5.74) is 7.58. The number of aromatic nitrogens is 3. The fourth-order valence-corrected chi connectivity index (χ4v) is 2.17. The van der Waals surface area contributed by atoms with E-state index in [2.05, 4.69) is 30.7 Å². The summed E-state index contributed by atoms with van der Waals surface area (Å²) in [6.45, 7) is 6.47. The molecule has 0 aromatic carbocycles. The average molecular weight is 248 g/mol. The lowest BCUT2D eigenvalue weighted by atomic mass is 9.95. The Kier molecular flexibility index (Phi) is 3.15. The highest BCUT2D eigenvalue weighted by atomic mass is 16.5. The Morgan fingerprint density at radius 2 is 1.94 bits per heavy atom.